The Morgan fingerprint density at radius 3 is 2.73 bits per heavy atom. The van der Waals surface area contributed by atoms with Gasteiger partial charge in [0.2, 0.25) is 5.91 Å². The molecule has 1 aliphatic carbocycles. The van der Waals surface area contributed by atoms with Crippen molar-refractivity contribution in [3.63, 3.8) is 0 Å². The summed E-state index contributed by atoms with van der Waals surface area (Å²) < 4.78 is 6.73. The number of aliphatic hydroxyl groups excluding tert-OH is 2. The molecule has 2 heterocycles. The molecular weight excluding hydrogens is 338 g/mol. The van der Waals surface area contributed by atoms with Gasteiger partial charge in [0.25, 0.3) is 0 Å². The van der Waals surface area contributed by atoms with Gasteiger partial charge in [-0.2, -0.15) is 0 Å². The molecule has 26 heavy (non-hydrogen) atoms. The number of likely N-dealkylation sites (tertiary alicyclic amines) is 1. The monoisotopic (exact) mass is 367 g/mol. The Morgan fingerprint density at radius 2 is 2.08 bits per heavy atom. The number of carbonyl (C=O) groups is 1. The number of aromatic nitrogens is 3. The second-order valence-electron chi connectivity index (χ2n) is 7.40. The van der Waals surface area contributed by atoms with E-state index in [0.29, 0.717) is 19.6 Å². The minimum Gasteiger partial charge on any atom is -0.390 e. The van der Waals surface area contributed by atoms with E-state index in [1.54, 1.807) is 24.9 Å². The van der Waals surface area contributed by atoms with Crippen molar-refractivity contribution in [1.29, 1.82) is 0 Å². The quantitative estimate of drug-likeness (QED) is 0.599. The average Bonchev–Trinajstić information content (AvgIpc) is 3.16. The highest BCUT2D eigenvalue weighted by atomic mass is 16.5. The molecule has 9 nitrogen and oxygen atoms in total. The van der Waals surface area contributed by atoms with Crippen LogP contribution in [0, 0.1) is 5.92 Å². The molecule has 0 bridgehead atoms. The number of carbonyl (C=O) groups excluding carboxylic acids is 1. The van der Waals surface area contributed by atoms with Gasteiger partial charge in [-0.15, -0.1) is 5.10 Å². The van der Waals surface area contributed by atoms with Gasteiger partial charge in [-0.3, -0.25) is 9.48 Å². The first kappa shape index (κ1) is 19.2. The molecule has 3 N–H and O–H groups in total. The fourth-order valence-corrected chi connectivity index (χ4v) is 4.02. The Morgan fingerprint density at radius 1 is 1.35 bits per heavy atom. The molecule has 0 aromatic carbocycles. The van der Waals surface area contributed by atoms with Gasteiger partial charge < -0.3 is 25.2 Å². The summed E-state index contributed by atoms with van der Waals surface area (Å²) in [6, 6.07) is 0.113. The number of hydrogen-bond acceptors (Lipinski definition) is 7. The van der Waals surface area contributed by atoms with E-state index in [4.69, 9.17) is 4.74 Å². The lowest BCUT2D eigenvalue weighted by Gasteiger charge is -2.34. The fraction of sp³-hybridized carbons (Fsp3) is 0.824. The van der Waals surface area contributed by atoms with E-state index in [2.05, 4.69) is 15.6 Å². The lowest BCUT2D eigenvalue weighted by atomic mass is 10.0. The molecule has 1 amide bonds. The predicted octanol–water partition coefficient (Wildman–Crippen LogP) is -0.865. The smallest absolute Gasteiger partial charge is 0.219 e. The molecule has 0 spiro atoms. The Bertz CT molecular complexity index is 602. The van der Waals surface area contributed by atoms with E-state index >= 15 is 0 Å². The van der Waals surface area contributed by atoms with Gasteiger partial charge in [0.15, 0.2) is 0 Å². The van der Waals surface area contributed by atoms with Gasteiger partial charge in [0.1, 0.15) is 5.69 Å². The molecule has 2 fully saturated rings. The maximum absolute atomic E-state index is 11.4. The first-order valence-corrected chi connectivity index (χ1v) is 9.23. The molecule has 1 aromatic heterocycles. The summed E-state index contributed by atoms with van der Waals surface area (Å²) in [5.41, 5.74) is 0.743. The van der Waals surface area contributed by atoms with Crippen LogP contribution in [0.3, 0.4) is 0 Å². The molecule has 3 rings (SSSR count). The Labute approximate surface area is 153 Å². The Hall–Kier alpha value is -1.55. The van der Waals surface area contributed by atoms with Crippen LogP contribution in [-0.4, -0.2) is 80.5 Å². The highest BCUT2D eigenvalue weighted by molar-refractivity contribution is 5.73. The number of ether oxygens (including phenoxy) is 1. The van der Waals surface area contributed by atoms with Gasteiger partial charge in [-0.25, -0.2) is 0 Å². The highest BCUT2D eigenvalue weighted by Gasteiger charge is 2.42. The first-order chi connectivity index (χ1) is 12.5. The van der Waals surface area contributed by atoms with Crippen molar-refractivity contribution in [3.05, 3.63) is 11.9 Å². The van der Waals surface area contributed by atoms with Gasteiger partial charge in [0, 0.05) is 51.7 Å². The molecule has 1 aliphatic heterocycles. The molecule has 1 aromatic rings. The third-order valence-electron chi connectivity index (χ3n) is 5.49. The van der Waals surface area contributed by atoms with E-state index in [0.717, 1.165) is 31.6 Å². The first-order valence-electron chi connectivity index (χ1n) is 9.23. The number of amides is 1. The molecule has 146 valence electrons. The van der Waals surface area contributed by atoms with E-state index in [-0.39, 0.29) is 23.9 Å². The minimum absolute atomic E-state index is 0.0862. The number of methoxy groups -OCH3 is 1. The summed E-state index contributed by atoms with van der Waals surface area (Å²) in [6.07, 6.45) is 2.63. The van der Waals surface area contributed by atoms with Gasteiger partial charge in [-0.1, -0.05) is 5.21 Å². The second kappa shape index (κ2) is 8.43. The molecule has 1 saturated carbocycles. The molecule has 0 unspecified atom stereocenters. The molecular formula is C17H29N5O4. The van der Waals surface area contributed by atoms with E-state index in [1.807, 2.05) is 4.90 Å². The largest absolute Gasteiger partial charge is 0.390 e. The van der Waals surface area contributed by atoms with Gasteiger partial charge in [-0.05, 0) is 19.3 Å². The maximum Gasteiger partial charge on any atom is 0.219 e. The number of hydrogen-bond donors (Lipinski definition) is 3. The SMILES string of the molecule is COCc1cn(C[C@H]2C[C@@H](NC3CCN(C(C)=O)CC3)[C@H](O)[C@@H]2O)nn1. The summed E-state index contributed by atoms with van der Waals surface area (Å²) in [5, 5.41) is 32.4. The second-order valence-corrected chi connectivity index (χ2v) is 7.40. The lowest BCUT2D eigenvalue weighted by Crippen LogP contribution is -2.50. The predicted molar refractivity (Wildman–Crippen MR) is 93.1 cm³/mol. The summed E-state index contributed by atoms with van der Waals surface area (Å²) in [6.45, 7) is 3.98. The van der Waals surface area contributed by atoms with Crippen LogP contribution < -0.4 is 5.32 Å². The molecule has 4 atom stereocenters. The Kier molecular flexibility index (Phi) is 6.23. The number of aliphatic hydroxyl groups is 2. The van der Waals surface area contributed by atoms with Crippen molar-refractivity contribution in [2.75, 3.05) is 20.2 Å². The fourth-order valence-electron chi connectivity index (χ4n) is 4.02. The molecule has 0 radical (unpaired) electrons. The maximum atomic E-state index is 11.4. The van der Waals surface area contributed by atoms with Crippen molar-refractivity contribution in [3.8, 4) is 0 Å². The summed E-state index contributed by atoms with van der Waals surface area (Å²) >= 11 is 0. The summed E-state index contributed by atoms with van der Waals surface area (Å²) in [7, 11) is 1.60. The van der Waals surface area contributed by atoms with Gasteiger partial charge >= 0.3 is 0 Å². The number of piperidine rings is 1. The topological polar surface area (TPSA) is 113 Å². The van der Waals surface area contributed by atoms with Crippen molar-refractivity contribution >= 4 is 5.91 Å². The van der Waals surface area contributed by atoms with Crippen LogP contribution >= 0.6 is 0 Å². The normalized spacial score (nSPS) is 30.1. The average molecular weight is 367 g/mol. The third kappa shape index (κ3) is 4.40. The van der Waals surface area contributed by atoms with E-state index in [1.165, 1.54) is 0 Å². The molecule has 9 heteroatoms. The minimum atomic E-state index is -0.798. The molecule has 1 saturated heterocycles. The molecule has 2 aliphatic rings. The van der Waals surface area contributed by atoms with Crippen LogP contribution in [0.15, 0.2) is 6.20 Å². The zero-order chi connectivity index (χ0) is 18.7. The van der Waals surface area contributed by atoms with E-state index in [9.17, 15) is 15.0 Å². The zero-order valence-corrected chi connectivity index (χ0v) is 15.4. The van der Waals surface area contributed by atoms with Crippen LogP contribution in [0.5, 0.6) is 0 Å². The summed E-state index contributed by atoms with van der Waals surface area (Å²) in [4.78, 5) is 13.3. The highest BCUT2D eigenvalue weighted by Crippen LogP contribution is 2.29. The van der Waals surface area contributed by atoms with Crippen LogP contribution in [0.4, 0.5) is 0 Å². The lowest BCUT2D eigenvalue weighted by molar-refractivity contribution is -0.129. The van der Waals surface area contributed by atoms with E-state index < -0.39 is 12.2 Å². The van der Waals surface area contributed by atoms with Crippen molar-refractivity contribution in [1.82, 2.24) is 25.2 Å². The van der Waals surface area contributed by atoms with Crippen LogP contribution in [0.2, 0.25) is 0 Å². The van der Waals surface area contributed by atoms with Crippen molar-refractivity contribution in [2.24, 2.45) is 5.92 Å². The van der Waals surface area contributed by atoms with Crippen LogP contribution in [-0.2, 0) is 22.7 Å². The standard InChI is InChI=1S/C17H29N5O4/c1-11(23)21-5-3-13(4-6-21)18-15-7-12(16(24)17(15)25)8-22-9-14(10-26-2)19-20-22/h9,12-13,15-18,24-25H,3-8,10H2,1-2H3/t12-,15-,16-,17+/m1/s1. The van der Waals surface area contributed by atoms with Crippen LogP contribution in [0.1, 0.15) is 31.9 Å². The zero-order valence-electron chi connectivity index (χ0n) is 15.4. The summed E-state index contributed by atoms with van der Waals surface area (Å²) in [5.74, 6) is 0.0254. The van der Waals surface area contributed by atoms with Crippen molar-refractivity contribution in [2.45, 2.75) is 63.6 Å². The number of rotatable bonds is 6. The number of nitrogens with zero attached hydrogens (tertiary/aromatic N) is 4. The number of nitrogens with one attached hydrogen (secondary N) is 1. The van der Waals surface area contributed by atoms with Gasteiger partial charge in [0.05, 0.1) is 25.0 Å². The van der Waals surface area contributed by atoms with Crippen LogP contribution in [0.25, 0.3) is 0 Å². The third-order valence-corrected chi connectivity index (χ3v) is 5.49. The van der Waals surface area contributed by atoms with Crippen molar-refractivity contribution < 1.29 is 19.7 Å². The Balaban J connectivity index is 1.51.